The molecule has 5 heterocycles. The highest BCUT2D eigenvalue weighted by atomic mass is 16.4. The van der Waals surface area contributed by atoms with Crippen molar-refractivity contribution < 1.29 is 30.0 Å². The van der Waals surface area contributed by atoms with Crippen LogP contribution in [-0.2, 0) is 41.8 Å². The van der Waals surface area contributed by atoms with E-state index in [2.05, 4.69) is 31.7 Å². The molecule has 0 saturated carbocycles. The van der Waals surface area contributed by atoms with Gasteiger partial charge in [-0.15, -0.1) is 0 Å². The number of rotatable bonds is 12. The van der Waals surface area contributed by atoms with Crippen molar-refractivity contribution in [3.63, 3.8) is 0 Å². The maximum atomic E-state index is 11.7. The Morgan fingerprint density at radius 1 is 0.617 bits per heavy atom. The molecule has 250 valence electrons. The molecule has 0 spiro atoms. The average Bonchev–Trinajstić information content (AvgIpc) is 3.65. The van der Waals surface area contributed by atoms with Gasteiger partial charge in [-0.3, -0.25) is 9.59 Å². The Morgan fingerprint density at radius 2 is 1.13 bits per heavy atom. The van der Waals surface area contributed by atoms with Crippen LogP contribution in [0.15, 0.2) is 0 Å². The van der Waals surface area contributed by atoms with Crippen molar-refractivity contribution in [1.82, 2.24) is 19.5 Å². The van der Waals surface area contributed by atoms with Crippen LogP contribution in [0.2, 0.25) is 0 Å². The second-order valence-electron chi connectivity index (χ2n) is 12.3. The van der Waals surface area contributed by atoms with Gasteiger partial charge in [0.2, 0.25) is 0 Å². The summed E-state index contributed by atoms with van der Waals surface area (Å²) >= 11 is 0. The van der Waals surface area contributed by atoms with Crippen LogP contribution < -0.4 is 27.1 Å². The van der Waals surface area contributed by atoms with Crippen molar-refractivity contribution in [2.45, 2.75) is 72.8 Å². The SMILES string of the molecule is Cc1c2[nH]c(c1CCC(=O)O)C=c1[nH]c(c(C)c1CCC(=O)O)=Cc1c(C)c(CCO)c(n1CCN)C=c1[nH]c(c(CCO)c1C)=C2. The van der Waals surface area contributed by atoms with Crippen LogP contribution in [0.3, 0.4) is 0 Å². The molecule has 4 aromatic rings. The van der Waals surface area contributed by atoms with E-state index in [1.807, 2.05) is 39.8 Å². The molecule has 1 aliphatic rings. The number of nitrogens with two attached hydrogens (primary N) is 1. The Bertz CT molecular complexity index is 2090. The summed E-state index contributed by atoms with van der Waals surface area (Å²) < 4.78 is 2.17. The number of aliphatic carboxylic acids is 2. The standard InChI is InChI=1S/C36H45N5O6/c1-19-23(5-7-35(44)45)31-16-32-24(6-8-36(46)47)20(2)28(39-32)17-33-22(4)26(10-14-43)34(41(33)12-11-37)18-29-21(3)25(9-13-42)30(40-29)15-27(19)38-31/h15-18,38-40,42-43H,5-14,37H2,1-4H3,(H,44,45)(H,46,47). The Hall–Kier alpha value is -4.58. The van der Waals surface area contributed by atoms with Crippen molar-refractivity contribution in [1.29, 1.82) is 0 Å². The highest BCUT2D eigenvalue weighted by Gasteiger charge is 2.20. The van der Waals surface area contributed by atoms with Gasteiger partial charge in [0.25, 0.3) is 0 Å². The van der Waals surface area contributed by atoms with Gasteiger partial charge in [0.05, 0.1) is 0 Å². The highest BCUT2D eigenvalue weighted by molar-refractivity contribution is 5.70. The highest BCUT2D eigenvalue weighted by Crippen LogP contribution is 2.26. The lowest BCUT2D eigenvalue weighted by Crippen LogP contribution is -2.18. The number of hydrogen-bond acceptors (Lipinski definition) is 5. The van der Waals surface area contributed by atoms with Gasteiger partial charge in [0, 0.05) is 83.3 Å². The van der Waals surface area contributed by atoms with Crippen LogP contribution in [0.25, 0.3) is 24.3 Å². The molecule has 0 aliphatic carbocycles. The number of aromatic amines is 3. The average molecular weight is 644 g/mol. The first kappa shape index (κ1) is 33.8. The van der Waals surface area contributed by atoms with Crippen LogP contribution in [-0.4, -0.2) is 71.6 Å². The van der Waals surface area contributed by atoms with Gasteiger partial charge in [-0.25, -0.2) is 0 Å². The molecule has 4 aromatic heterocycles. The number of nitrogens with one attached hydrogen (secondary N) is 3. The third kappa shape index (κ3) is 6.64. The van der Waals surface area contributed by atoms with E-state index in [1.54, 1.807) is 0 Å². The zero-order valence-electron chi connectivity index (χ0n) is 27.5. The summed E-state index contributed by atoms with van der Waals surface area (Å²) in [7, 11) is 0. The smallest absolute Gasteiger partial charge is 0.303 e. The number of hydrogen-bond donors (Lipinski definition) is 8. The van der Waals surface area contributed by atoms with Gasteiger partial charge in [-0.05, 0) is 122 Å². The fraction of sp³-hybridized carbons (Fsp3) is 0.389. The van der Waals surface area contributed by atoms with Crippen molar-refractivity contribution in [3.05, 3.63) is 88.7 Å². The molecule has 5 rings (SSSR count). The number of aliphatic hydroxyl groups is 2. The summed E-state index contributed by atoms with van der Waals surface area (Å²) in [6.45, 7) is 8.90. The molecule has 0 amide bonds. The van der Waals surface area contributed by atoms with Gasteiger partial charge in [0.1, 0.15) is 0 Å². The van der Waals surface area contributed by atoms with Gasteiger partial charge in [-0.2, -0.15) is 0 Å². The Kier molecular flexibility index (Phi) is 10.1. The molecule has 9 N–H and O–H groups in total. The molecular weight excluding hydrogens is 598 g/mol. The summed E-state index contributed by atoms with van der Waals surface area (Å²) in [5.41, 5.74) is 17.2. The van der Waals surface area contributed by atoms with E-state index < -0.39 is 11.9 Å². The van der Waals surface area contributed by atoms with E-state index in [-0.39, 0.29) is 26.1 Å². The van der Waals surface area contributed by atoms with Crippen LogP contribution in [0.1, 0.15) is 80.1 Å². The number of H-pyrrole nitrogens is 3. The third-order valence-electron chi connectivity index (χ3n) is 9.47. The number of carboxylic acids is 2. The quantitative estimate of drug-likeness (QED) is 0.0964. The molecule has 0 unspecified atom stereocenters. The number of nitrogens with zero attached hydrogens (tertiary/aromatic N) is 1. The summed E-state index contributed by atoms with van der Waals surface area (Å²) in [4.78, 5) is 34.0. The van der Waals surface area contributed by atoms with Gasteiger partial charge in [-0.1, -0.05) is 0 Å². The fourth-order valence-corrected chi connectivity index (χ4v) is 6.93. The topological polar surface area (TPSA) is 193 Å². The molecule has 0 fully saturated rings. The monoisotopic (exact) mass is 643 g/mol. The number of aromatic nitrogens is 4. The van der Waals surface area contributed by atoms with E-state index in [0.717, 1.165) is 88.7 Å². The summed E-state index contributed by atoms with van der Waals surface area (Å²) in [5, 5.41) is 42.5. The molecule has 11 heteroatoms. The molecule has 1 aliphatic heterocycles. The minimum Gasteiger partial charge on any atom is -0.481 e. The zero-order valence-corrected chi connectivity index (χ0v) is 27.5. The lowest BCUT2D eigenvalue weighted by molar-refractivity contribution is -0.138. The van der Waals surface area contributed by atoms with E-state index >= 15 is 0 Å². The predicted molar refractivity (Wildman–Crippen MR) is 181 cm³/mol. The number of fused-ring (bicyclic) bond motifs is 8. The Morgan fingerprint density at radius 3 is 1.68 bits per heavy atom. The molecular formula is C36H45N5O6. The normalized spacial score (nSPS) is 12.3. The van der Waals surface area contributed by atoms with Crippen LogP contribution in [0.4, 0.5) is 0 Å². The van der Waals surface area contributed by atoms with Crippen LogP contribution >= 0.6 is 0 Å². The summed E-state index contributed by atoms with van der Waals surface area (Å²) in [6, 6.07) is 0. The first-order valence-corrected chi connectivity index (χ1v) is 16.1. The Labute approximate surface area is 272 Å². The van der Waals surface area contributed by atoms with Crippen molar-refractivity contribution >= 4 is 36.2 Å². The molecule has 11 nitrogen and oxygen atoms in total. The molecule has 0 radical (unpaired) electrons. The predicted octanol–water partition coefficient (Wildman–Crippen LogP) is 0.397. The number of carbonyl (C=O) groups is 2. The van der Waals surface area contributed by atoms with E-state index in [0.29, 0.717) is 38.8 Å². The number of carboxylic acid groups (broad SMARTS) is 2. The van der Waals surface area contributed by atoms with Crippen molar-refractivity contribution in [2.75, 3.05) is 19.8 Å². The lowest BCUT2D eigenvalue weighted by atomic mass is 10.0. The summed E-state index contributed by atoms with van der Waals surface area (Å²) in [6.07, 6.45) is 9.56. The maximum absolute atomic E-state index is 11.7. The van der Waals surface area contributed by atoms with E-state index in [1.165, 1.54) is 0 Å². The van der Waals surface area contributed by atoms with E-state index in [9.17, 15) is 30.0 Å². The molecule has 0 aromatic carbocycles. The second kappa shape index (κ2) is 14.0. The maximum Gasteiger partial charge on any atom is 0.303 e. The van der Waals surface area contributed by atoms with Gasteiger partial charge >= 0.3 is 11.9 Å². The molecule has 47 heavy (non-hydrogen) atoms. The Balaban J connectivity index is 1.97. The number of aliphatic hydroxyl groups excluding tert-OH is 2. The minimum atomic E-state index is -0.893. The zero-order chi connectivity index (χ0) is 34.0. The minimum absolute atomic E-state index is 0.0232. The first-order valence-electron chi connectivity index (χ1n) is 16.1. The molecule has 0 atom stereocenters. The molecule has 0 saturated heterocycles. The van der Waals surface area contributed by atoms with E-state index in [4.69, 9.17) is 5.73 Å². The van der Waals surface area contributed by atoms with Crippen molar-refractivity contribution in [3.8, 4) is 0 Å². The van der Waals surface area contributed by atoms with Crippen LogP contribution in [0, 0.1) is 27.7 Å². The lowest BCUT2D eigenvalue weighted by Gasteiger charge is -2.09. The largest absolute Gasteiger partial charge is 0.481 e. The van der Waals surface area contributed by atoms with Gasteiger partial charge < -0.3 is 45.7 Å². The van der Waals surface area contributed by atoms with Gasteiger partial charge in [0.15, 0.2) is 0 Å². The summed E-state index contributed by atoms with van der Waals surface area (Å²) in [5.74, 6) is -1.79. The third-order valence-corrected chi connectivity index (χ3v) is 9.47. The molecule has 8 bridgehead atoms. The van der Waals surface area contributed by atoms with Crippen molar-refractivity contribution in [2.24, 2.45) is 5.73 Å². The second-order valence-corrected chi connectivity index (χ2v) is 12.3. The van der Waals surface area contributed by atoms with Crippen LogP contribution in [0.5, 0.6) is 0 Å². The fourth-order valence-electron chi connectivity index (χ4n) is 6.93. The first-order chi connectivity index (χ1) is 22.5.